The number of hydrogen-bond donors (Lipinski definition) is 1. The van der Waals surface area contributed by atoms with E-state index in [0.29, 0.717) is 0 Å². The van der Waals surface area contributed by atoms with Crippen LogP contribution >= 0.6 is 15.9 Å². The van der Waals surface area contributed by atoms with E-state index in [1.165, 1.54) is 5.56 Å². The molecule has 0 unspecified atom stereocenters. The zero-order chi connectivity index (χ0) is 9.05. The Kier molecular flexibility index (Phi) is 1.25. The predicted molar refractivity (Wildman–Crippen MR) is 53.7 cm³/mol. The van der Waals surface area contributed by atoms with Gasteiger partial charge in [0.25, 0.3) is 0 Å². The molecule has 66 valence electrons. The van der Waals surface area contributed by atoms with Crippen LogP contribution in [0.25, 0.3) is 0 Å². The molecule has 1 spiro atoms. The molecule has 1 amide bonds. The van der Waals surface area contributed by atoms with Crippen molar-refractivity contribution in [3.63, 3.8) is 0 Å². The molecule has 1 aromatic carbocycles. The SMILES string of the molecule is O=C1Nc2cccc(Br)c2C12CC2. The van der Waals surface area contributed by atoms with E-state index in [-0.39, 0.29) is 11.3 Å². The molecule has 0 atom stereocenters. The van der Waals surface area contributed by atoms with E-state index in [0.717, 1.165) is 23.0 Å². The van der Waals surface area contributed by atoms with Gasteiger partial charge >= 0.3 is 0 Å². The Labute approximate surface area is 84.5 Å². The first-order valence-electron chi connectivity index (χ1n) is 4.34. The van der Waals surface area contributed by atoms with E-state index in [4.69, 9.17) is 0 Å². The lowest BCUT2D eigenvalue weighted by Crippen LogP contribution is -2.18. The number of nitrogens with one attached hydrogen (secondary N) is 1. The number of fused-ring (bicyclic) bond motifs is 2. The number of carbonyl (C=O) groups is 1. The number of carbonyl (C=O) groups excluding carboxylic acids is 1. The van der Waals surface area contributed by atoms with E-state index >= 15 is 0 Å². The number of amides is 1. The molecule has 3 rings (SSSR count). The number of benzene rings is 1. The van der Waals surface area contributed by atoms with Crippen LogP contribution in [-0.4, -0.2) is 5.91 Å². The van der Waals surface area contributed by atoms with Gasteiger partial charge in [0.15, 0.2) is 0 Å². The van der Waals surface area contributed by atoms with Crippen molar-refractivity contribution >= 4 is 27.5 Å². The highest BCUT2D eigenvalue weighted by molar-refractivity contribution is 9.10. The van der Waals surface area contributed by atoms with Crippen molar-refractivity contribution in [2.45, 2.75) is 18.3 Å². The summed E-state index contributed by atoms with van der Waals surface area (Å²) in [5.41, 5.74) is 1.98. The van der Waals surface area contributed by atoms with Crippen LogP contribution in [-0.2, 0) is 10.2 Å². The van der Waals surface area contributed by atoms with Crippen molar-refractivity contribution in [2.24, 2.45) is 0 Å². The normalized spacial score (nSPS) is 21.5. The van der Waals surface area contributed by atoms with E-state index in [1.54, 1.807) is 0 Å². The molecule has 0 radical (unpaired) electrons. The Morgan fingerprint density at radius 3 is 2.85 bits per heavy atom. The van der Waals surface area contributed by atoms with Crippen molar-refractivity contribution < 1.29 is 4.79 Å². The Balaban J connectivity index is 2.30. The number of anilines is 1. The molecule has 2 aliphatic rings. The first-order valence-corrected chi connectivity index (χ1v) is 5.14. The Morgan fingerprint density at radius 2 is 2.15 bits per heavy atom. The van der Waals surface area contributed by atoms with E-state index in [9.17, 15) is 4.79 Å². The molecule has 1 saturated carbocycles. The van der Waals surface area contributed by atoms with E-state index < -0.39 is 0 Å². The fraction of sp³-hybridized carbons (Fsp3) is 0.300. The first kappa shape index (κ1) is 7.56. The molecule has 0 bridgehead atoms. The van der Waals surface area contributed by atoms with Gasteiger partial charge in [0, 0.05) is 15.7 Å². The van der Waals surface area contributed by atoms with E-state index in [2.05, 4.69) is 21.2 Å². The summed E-state index contributed by atoms with van der Waals surface area (Å²) in [5.74, 6) is 0.175. The summed E-state index contributed by atoms with van der Waals surface area (Å²) in [6, 6.07) is 5.91. The van der Waals surface area contributed by atoms with Crippen LogP contribution < -0.4 is 5.32 Å². The monoisotopic (exact) mass is 237 g/mol. The zero-order valence-corrected chi connectivity index (χ0v) is 8.52. The number of halogens is 1. The summed E-state index contributed by atoms with van der Waals surface area (Å²) in [5, 5.41) is 2.92. The Morgan fingerprint density at radius 1 is 1.38 bits per heavy atom. The van der Waals surface area contributed by atoms with Gasteiger partial charge in [-0.15, -0.1) is 0 Å². The zero-order valence-electron chi connectivity index (χ0n) is 6.93. The highest BCUT2D eigenvalue weighted by Gasteiger charge is 2.57. The van der Waals surface area contributed by atoms with Crippen LogP contribution in [0.15, 0.2) is 22.7 Å². The standard InChI is InChI=1S/C10H8BrNO/c11-6-2-1-3-7-8(6)10(4-5-10)9(13)12-7/h1-3H,4-5H2,(H,12,13). The second-order valence-corrected chi connectivity index (χ2v) is 4.55. The molecule has 1 aliphatic heterocycles. The van der Waals surface area contributed by atoms with Crippen LogP contribution in [0, 0.1) is 0 Å². The molecule has 13 heavy (non-hydrogen) atoms. The molecule has 3 heteroatoms. The second-order valence-electron chi connectivity index (χ2n) is 3.70. The number of hydrogen-bond acceptors (Lipinski definition) is 1. The lowest BCUT2D eigenvalue weighted by Gasteiger charge is -2.05. The summed E-state index contributed by atoms with van der Waals surface area (Å²) >= 11 is 3.50. The Hall–Kier alpha value is -0.830. The van der Waals surface area contributed by atoms with Crippen molar-refractivity contribution in [1.29, 1.82) is 0 Å². The van der Waals surface area contributed by atoms with E-state index in [1.807, 2.05) is 18.2 Å². The van der Waals surface area contributed by atoms with Gasteiger partial charge in [-0.05, 0) is 25.0 Å². The highest BCUT2D eigenvalue weighted by Crippen LogP contribution is 2.57. The van der Waals surface area contributed by atoms with Gasteiger partial charge in [-0.1, -0.05) is 22.0 Å². The number of rotatable bonds is 0. The maximum Gasteiger partial charge on any atom is 0.235 e. The molecule has 0 aromatic heterocycles. The van der Waals surface area contributed by atoms with Crippen LogP contribution in [0.2, 0.25) is 0 Å². The lowest BCUT2D eigenvalue weighted by atomic mass is 9.98. The average Bonchev–Trinajstić information content (AvgIpc) is 2.79. The fourth-order valence-corrected chi connectivity index (χ4v) is 2.82. The first-order chi connectivity index (χ1) is 6.24. The molecule has 0 saturated heterocycles. The molecule has 2 nitrogen and oxygen atoms in total. The minimum Gasteiger partial charge on any atom is -0.325 e. The van der Waals surface area contributed by atoms with Gasteiger partial charge in [-0.25, -0.2) is 0 Å². The van der Waals surface area contributed by atoms with Gasteiger partial charge in [-0.3, -0.25) is 4.79 Å². The quantitative estimate of drug-likeness (QED) is 0.738. The van der Waals surface area contributed by atoms with Crippen molar-refractivity contribution in [3.8, 4) is 0 Å². The summed E-state index contributed by atoms with van der Waals surface area (Å²) in [6.45, 7) is 0. The topological polar surface area (TPSA) is 29.1 Å². The maximum absolute atomic E-state index is 11.6. The van der Waals surface area contributed by atoms with Crippen LogP contribution in [0.1, 0.15) is 18.4 Å². The molecule has 1 aromatic rings. The highest BCUT2D eigenvalue weighted by atomic mass is 79.9. The Bertz CT molecular complexity index is 409. The van der Waals surface area contributed by atoms with Gasteiger partial charge in [0.1, 0.15) is 0 Å². The second kappa shape index (κ2) is 2.15. The fourth-order valence-electron chi connectivity index (χ4n) is 2.07. The van der Waals surface area contributed by atoms with Crippen LogP contribution in [0.4, 0.5) is 5.69 Å². The van der Waals surface area contributed by atoms with Crippen LogP contribution in [0.3, 0.4) is 0 Å². The smallest absolute Gasteiger partial charge is 0.235 e. The van der Waals surface area contributed by atoms with Gasteiger partial charge < -0.3 is 5.32 Å². The van der Waals surface area contributed by atoms with Crippen molar-refractivity contribution in [3.05, 3.63) is 28.2 Å². The summed E-state index contributed by atoms with van der Waals surface area (Å²) in [6.07, 6.45) is 1.99. The maximum atomic E-state index is 11.6. The predicted octanol–water partition coefficient (Wildman–Crippen LogP) is 2.43. The van der Waals surface area contributed by atoms with Crippen molar-refractivity contribution in [2.75, 3.05) is 5.32 Å². The molecule has 1 N–H and O–H groups in total. The minimum absolute atomic E-state index is 0.171. The van der Waals surface area contributed by atoms with Crippen LogP contribution in [0.5, 0.6) is 0 Å². The summed E-state index contributed by atoms with van der Waals surface area (Å²) in [4.78, 5) is 11.6. The largest absolute Gasteiger partial charge is 0.325 e. The van der Waals surface area contributed by atoms with Gasteiger partial charge in [0.2, 0.25) is 5.91 Å². The molecule has 1 aliphatic carbocycles. The summed E-state index contributed by atoms with van der Waals surface area (Å²) in [7, 11) is 0. The molecule has 1 fully saturated rings. The third-order valence-corrected chi connectivity index (χ3v) is 3.59. The van der Waals surface area contributed by atoms with Gasteiger partial charge in [0.05, 0.1) is 5.41 Å². The summed E-state index contributed by atoms with van der Waals surface area (Å²) < 4.78 is 1.06. The van der Waals surface area contributed by atoms with Gasteiger partial charge in [-0.2, -0.15) is 0 Å². The average molecular weight is 238 g/mol. The van der Waals surface area contributed by atoms with Crippen molar-refractivity contribution in [1.82, 2.24) is 0 Å². The molecular weight excluding hydrogens is 230 g/mol. The molecule has 1 heterocycles. The molecular formula is C10H8BrNO. The minimum atomic E-state index is -0.171. The lowest BCUT2D eigenvalue weighted by molar-refractivity contribution is -0.117. The third-order valence-electron chi connectivity index (χ3n) is 2.93. The third kappa shape index (κ3) is 0.804.